The molecule has 2 aromatic carbocycles. The standard InChI is InChI=1S/C32H33ClN6O3/c1-41-31-27(38-29(40)15-11-24-9-5-17-39(24)23-7-4-8-23)13-12-26-30(31)32(36-20-35-26)37-21-10-14-28(25(33)18-21)42-19-22-6-2-3-16-34-22/h2-3,6,10-16,18,20,23-24H,4-5,7-9,17,19H2,1H3,(H,38,40)(H,35,36,37)/b15-11+/t24-/m1/s1. The normalized spacial score (nSPS) is 17.3. The van der Waals surface area contributed by atoms with E-state index in [1.807, 2.05) is 36.4 Å². The van der Waals surface area contributed by atoms with Crippen LogP contribution in [0, 0.1) is 0 Å². The highest BCUT2D eigenvalue weighted by molar-refractivity contribution is 6.32. The molecule has 1 aliphatic carbocycles. The van der Waals surface area contributed by atoms with Gasteiger partial charge in [0.05, 0.1) is 34.4 Å². The first kappa shape index (κ1) is 27.9. The summed E-state index contributed by atoms with van der Waals surface area (Å²) in [5.41, 5.74) is 2.72. The van der Waals surface area contributed by atoms with E-state index in [-0.39, 0.29) is 5.91 Å². The molecular weight excluding hydrogens is 552 g/mol. The van der Waals surface area contributed by atoms with E-state index in [2.05, 4.69) is 30.5 Å². The fourth-order valence-electron chi connectivity index (χ4n) is 5.56. The van der Waals surface area contributed by atoms with E-state index in [0.717, 1.165) is 18.7 Å². The lowest BCUT2D eigenvalue weighted by molar-refractivity contribution is -0.112. The Morgan fingerprint density at radius 1 is 1.10 bits per heavy atom. The SMILES string of the molecule is COc1c(NC(=O)/C=C/[C@H]2CCCN2C2CCC2)ccc2ncnc(Nc3ccc(OCc4ccccn4)c(Cl)c3)c12. The van der Waals surface area contributed by atoms with Crippen LogP contribution in [0.5, 0.6) is 11.5 Å². The lowest BCUT2D eigenvalue weighted by Gasteiger charge is -2.37. The molecular formula is C32H33ClN6O3. The van der Waals surface area contributed by atoms with Crippen LogP contribution >= 0.6 is 11.6 Å². The Morgan fingerprint density at radius 3 is 2.76 bits per heavy atom. The Kier molecular flexibility index (Phi) is 8.48. The van der Waals surface area contributed by atoms with Crippen molar-refractivity contribution in [2.45, 2.75) is 50.8 Å². The fourth-order valence-corrected chi connectivity index (χ4v) is 5.80. The van der Waals surface area contributed by atoms with Crippen molar-refractivity contribution in [3.8, 4) is 11.5 Å². The van der Waals surface area contributed by atoms with Crippen molar-refractivity contribution in [2.24, 2.45) is 0 Å². The number of benzene rings is 2. The van der Waals surface area contributed by atoms with Crippen molar-refractivity contribution in [3.05, 3.63) is 83.9 Å². The maximum atomic E-state index is 13.0. The van der Waals surface area contributed by atoms with Crippen molar-refractivity contribution in [2.75, 3.05) is 24.3 Å². The third-order valence-corrected chi connectivity index (χ3v) is 8.17. The smallest absolute Gasteiger partial charge is 0.248 e. The van der Waals surface area contributed by atoms with Gasteiger partial charge in [0.1, 0.15) is 24.5 Å². The zero-order valence-electron chi connectivity index (χ0n) is 23.4. The highest BCUT2D eigenvalue weighted by Crippen LogP contribution is 2.38. The molecule has 2 fully saturated rings. The maximum Gasteiger partial charge on any atom is 0.248 e. The summed E-state index contributed by atoms with van der Waals surface area (Å²) >= 11 is 6.54. The number of hydrogen-bond donors (Lipinski definition) is 2. The number of rotatable bonds is 10. The monoisotopic (exact) mass is 584 g/mol. The Morgan fingerprint density at radius 2 is 2.00 bits per heavy atom. The summed E-state index contributed by atoms with van der Waals surface area (Å²) in [5, 5.41) is 7.39. The quantitative estimate of drug-likeness (QED) is 0.203. The molecule has 1 saturated heterocycles. The summed E-state index contributed by atoms with van der Waals surface area (Å²) in [4.78, 5) is 28.7. The summed E-state index contributed by atoms with van der Waals surface area (Å²) in [6, 6.07) is 15.7. The van der Waals surface area contributed by atoms with Crippen LogP contribution in [-0.2, 0) is 11.4 Å². The fraction of sp³-hybridized carbons (Fsp3) is 0.312. The molecule has 42 heavy (non-hydrogen) atoms. The van der Waals surface area contributed by atoms with Crippen LogP contribution in [0.1, 0.15) is 37.8 Å². The highest BCUT2D eigenvalue weighted by Gasteiger charge is 2.32. The summed E-state index contributed by atoms with van der Waals surface area (Å²) in [7, 11) is 1.57. The van der Waals surface area contributed by atoms with E-state index in [9.17, 15) is 4.79 Å². The van der Waals surface area contributed by atoms with E-state index in [1.54, 1.807) is 37.6 Å². The number of methoxy groups -OCH3 is 1. The third-order valence-electron chi connectivity index (χ3n) is 7.87. The number of pyridine rings is 1. The molecule has 3 heterocycles. The minimum atomic E-state index is -0.201. The average Bonchev–Trinajstić information content (AvgIpc) is 3.43. The summed E-state index contributed by atoms with van der Waals surface area (Å²) in [6.07, 6.45) is 13.0. The van der Waals surface area contributed by atoms with Crippen LogP contribution < -0.4 is 20.1 Å². The molecule has 0 bridgehead atoms. The molecule has 4 aromatic rings. The predicted octanol–water partition coefficient (Wildman–Crippen LogP) is 6.52. The molecule has 2 N–H and O–H groups in total. The number of ether oxygens (including phenoxy) is 2. The summed E-state index contributed by atoms with van der Waals surface area (Å²) < 4.78 is 11.6. The van der Waals surface area contributed by atoms with Crippen molar-refractivity contribution < 1.29 is 14.3 Å². The number of hydrogen-bond acceptors (Lipinski definition) is 8. The van der Waals surface area contributed by atoms with Gasteiger partial charge in [0.25, 0.3) is 0 Å². The second-order valence-corrected chi connectivity index (χ2v) is 10.9. The number of anilines is 3. The zero-order valence-corrected chi connectivity index (χ0v) is 24.2. The molecule has 1 atom stereocenters. The van der Waals surface area contributed by atoms with Crippen LogP contribution in [0.25, 0.3) is 10.9 Å². The number of likely N-dealkylation sites (tertiary alicyclic amines) is 1. The van der Waals surface area contributed by atoms with Gasteiger partial charge < -0.3 is 20.1 Å². The highest BCUT2D eigenvalue weighted by atomic mass is 35.5. The molecule has 1 aliphatic heterocycles. The van der Waals surface area contributed by atoms with E-state index < -0.39 is 0 Å². The predicted molar refractivity (Wildman–Crippen MR) is 165 cm³/mol. The van der Waals surface area contributed by atoms with Gasteiger partial charge in [0, 0.05) is 30.0 Å². The zero-order chi connectivity index (χ0) is 28.9. The number of amides is 1. The first-order chi connectivity index (χ1) is 20.6. The van der Waals surface area contributed by atoms with Gasteiger partial charge in [-0.25, -0.2) is 9.97 Å². The van der Waals surface area contributed by atoms with Crippen molar-refractivity contribution in [3.63, 3.8) is 0 Å². The molecule has 9 nitrogen and oxygen atoms in total. The van der Waals surface area contributed by atoms with Gasteiger partial charge in [0.15, 0.2) is 5.75 Å². The number of halogens is 1. The molecule has 1 saturated carbocycles. The van der Waals surface area contributed by atoms with Gasteiger partial charge in [-0.2, -0.15) is 0 Å². The molecule has 0 radical (unpaired) electrons. The number of aromatic nitrogens is 3. The van der Waals surface area contributed by atoms with Crippen LogP contribution in [0.3, 0.4) is 0 Å². The minimum Gasteiger partial charge on any atom is -0.494 e. The van der Waals surface area contributed by atoms with Crippen LogP contribution in [-0.4, -0.2) is 51.5 Å². The van der Waals surface area contributed by atoms with Crippen LogP contribution in [0.15, 0.2) is 73.2 Å². The van der Waals surface area contributed by atoms with Gasteiger partial charge in [0.2, 0.25) is 5.91 Å². The molecule has 2 aromatic heterocycles. The molecule has 6 rings (SSSR count). The molecule has 1 amide bonds. The van der Waals surface area contributed by atoms with Crippen molar-refractivity contribution >= 4 is 45.6 Å². The lowest BCUT2D eigenvalue weighted by Crippen LogP contribution is -2.42. The summed E-state index contributed by atoms with van der Waals surface area (Å²) in [5.74, 6) is 1.33. The van der Waals surface area contributed by atoms with Crippen molar-refractivity contribution in [1.82, 2.24) is 19.9 Å². The Labute approximate surface area is 249 Å². The van der Waals surface area contributed by atoms with Gasteiger partial charge >= 0.3 is 0 Å². The largest absolute Gasteiger partial charge is 0.494 e. The number of fused-ring (bicyclic) bond motifs is 1. The first-order valence-electron chi connectivity index (χ1n) is 14.2. The maximum absolute atomic E-state index is 13.0. The van der Waals surface area contributed by atoms with E-state index in [4.69, 9.17) is 21.1 Å². The Balaban J connectivity index is 1.18. The van der Waals surface area contributed by atoms with Crippen LogP contribution in [0.4, 0.5) is 17.2 Å². The number of nitrogens with one attached hydrogen (secondary N) is 2. The Bertz CT molecular complexity index is 1590. The van der Waals surface area contributed by atoms with Gasteiger partial charge in [-0.05, 0) is 74.7 Å². The van der Waals surface area contributed by atoms with E-state index in [0.29, 0.717) is 63.3 Å². The van der Waals surface area contributed by atoms with Crippen molar-refractivity contribution in [1.29, 1.82) is 0 Å². The number of carbonyl (C=O) groups excluding carboxylic acids is 1. The molecule has 0 unspecified atom stereocenters. The first-order valence-corrected chi connectivity index (χ1v) is 14.6. The number of carbonyl (C=O) groups is 1. The van der Waals surface area contributed by atoms with Crippen LogP contribution in [0.2, 0.25) is 5.02 Å². The van der Waals surface area contributed by atoms with E-state index in [1.165, 1.54) is 32.0 Å². The average molecular weight is 585 g/mol. The third kappa shape index (κ3) is 6.17. The van der Waals surface area contributed by atoms with Gasteiger partial charge in [-0.3, -0.25) is 14.7 Å². The Hall–Kier alpha value is -4.21. The van der Waals surface area contributed by atoms with Gasteiger partial charge in [-0.1, -0.05) is 30.2 Å². The lowest BCUT2D eigenvalue weighted by atomic mass is 9.91. The minimum absolute atomic E-state index is 0.201. The molecule has 0 spiro atoms. The number of nitrogens with zero attached hydrogens (tertiary/aromatic N) is 4. The summed E-state index contributed by atoms with van der Waals surface area (Å²) in [6.45, 7) is 1.42. The molecule has 216 valence electrons. The van der Waals surface area contributed by atoms with E-state index >= 15 is 0 Å². The second-order valence-electron chi connectivity index (χ2n) is 10.5. The molecule has 10 heteroatoms. The van der Waals surface area contributed by atoms with Gasteiger partial charge in [-0.15, -0.1) is 0 Å². The second kappa shape index (κ2) is 12.8. The topological polar surface area (TPSA) is 102 Å². The molecule has 2 aliphatic rings.